The topological polar surface area (TPSA) is 40.1 Å². The van der Waals surface area contributed by atoms with E-state index in [2.05, 4.69) is 0 Å². The van der Waals surface area contributed by atoms with Crippen LogP contribution in [0.4, 0.5) is 0 Å². The highest BCUT2D eigenvalue weighted by atomic mass is 16.5. The summed E-state index contributed by atoms with van der Waals surface area (Å²) in [4.78, 5) is 0. The molecule has 0 aromatic carbocycles. The zero-order chi connectivity index (χ0) is 6.78. The zero-order valence-corrected chi connectivity index (χ0v) is 5.64. The van der Waals surface area contributed by atoms with Gasteiger partial charge in [0.25, 0.3) is 0 Å². The molecule has 1 N–H and O–H groups in total. The van der Waals surface area contributed by atoms with Crippen molar-refractivity contribution in [2.24, 2.45) is 5.41 Å². The molecule has 2 nitrogen and oxygen atoms in total. The summed E-state index contributed by atoms with van der Waals surface area (Å²) in [5.41, 5.74) is -0.458. The van der Waals surface area contributed by atoms with Crippen molar-refractivity contribution in [1.29, 1.82) is 0 Å². The third-order valence-corrected chi connectivity index (χ3v) is 1.58. The van der Waals surface area contributed by atoms with E-state index in [4.69, 9.17) is 5.11 Å². The molecule has 0 saturated carbocycles. The summed E-state index contributed by atoms with van der Waals surface area (Å²) >= 11 is 0. The summed E-state index contributed by atoms with van der Waals surface area (Å²) < 4.78 is 0. The molecule has 0 spiro atoms. The average Bonchev–Trinajstić information content (AvgIpc) is 1.67. The lowest BCUT2D eigenvalue weighted by atomic mass is 9.90. The summed E-state index contributed by atoms with van der Waals surface area (Å²) in [5, 5.41) is 18.9. The van der Waals surface area contributed by atoms with Crippen LogP contribution in [0.15, 0.2) is 0 Å². The van der Waals surface area contributed by atoms with Crippen molar-refractivity contribution < 1.29 is 10.2 Å². The lowest BCUT2D eigenvalue weighted by Crippen LogP contribution is -2.26. The minimum absolute atomic E-state index is 0.458. The lowest BCUT2D eigenvalue weighted by molar-refractivity contribution is -0.163. The van der Waals surface area contributed by atoms with Crippen LogP contribution in [0.25, 0.3) is 0 Å². The second-order valence-electron chi connectivity index (χ2n) is 2.69. The van der Waals surface area contributed by atoms with Crippen molar-refractivity contribution in [3.63, 3.8) is 0 Å². The van der Waals surface area contributed by atoms with E-state index < -0.39 is 11.7 Å². The van der Waals surface area contributed by atoms with Gasteiger partial charge in [0, 0.05) is 5.41 Å². The normalized spacial score (nSPS) is 12.8. The molecule has 0 bridgehead atoms. The largest absolute Gasteiger partial charge is 0.365 e. The van der Waals surface area contributed by atoms with Crippen molar-refractivity contribution in [2.45, 2.75) is 33.5 Å². The number of rotatable bonds is 2. The minimum atomic E-state index is -1.44. The molecule has 0 aliphatic rings. The summed E-state index contributed by atoms with van der Waals surface area (Å²) in [6.45, 7) is 5.40. The molecule has 0 rings (SSSR count). The molecule has 1 atom stereocenters. The molecule has 0 fully saturated rings. The van der Waals surface area contributed by atoms with Crippen LogP contribution in [0.1, 0.15) is 27.2 Å². The zero-order valence-electron chi connectivity index (χ0n) is 5.64. The molecule has 2 heteroatoms. The van der Waals surface area contributed by atoms with E-state index in [0.29, 0.717) is 0 Å². The predicted octanol–water partition coefficient (Wildman–Crippen LogP) is 1.17. The van der Waals surface area contributed by atoms with Gasteiger partial charge >= 0.3 is 0 Å². The maximum absolute atomic E-state index is 10.3. The van der Waals surface area contributed by atoms with Crippen molar-refractivity contribution in [1.82, 2.24) is 0 Å². The first-order valence-corrected chi connectivity index (χ1v) is 2.84. The summed E-state index contributed by atoms with van der Waals surface area (Å²) in [6.07, 6.45) is -0.718. The van der Waals surface area contributed by atoms with E-state index in [1.165, 1.54) is 0 Å². The van der Waals surface area contributed by atoms with Gasteiger partial charge in [0.1, 0.15) is 0 Å². The lowest BCUT2D eigenvalue weighted by Gasteiger charge is -2.22. The molecule has 0 amide bonds. The van der Waals surface area contributed by atoms with Crippen LogP contribution in [0.3, 0.4) is 0 Å². The maximum atomic E-state index is 10.3. The van der Waals surface area contributed by atoms with Gasteiger partial charge < -0.3 is 5.11 Å². The molecule has 8 heavy (non-hydrogen) atoms. The van der Waals surface area contributed by atoms with Crippen LogP contribution < -0.4 is 0 Å². The van der Waals surface area contributed by atoms with E-state index in [1.54, 1.807) is 13.8 Å². The SMILES string of the molecule is CCC(C)(C)C([O])O. The summed E-state index contributed by atoms with van der Waals surface area (Å²) in [6, 6.07) is 0. The van der Waals surface area contributed by atoms with Crippen LogP contribution in [0, 0.1) is 5.41 Å². The first-order valence-electron chi connectivity index (χ1n) is 2.84. The van der Waals surface area contributed by atoms with Crippen LogP contribution in [-0.2, 0) is 5.11 Å². The summed E-state index contributed by atoms with van der Waals surface area (Å²) in [7, 11) is 0. The van der Waals surface area contributed by atoms with Crippen LogP contribution in [-0.4, -0.2) is 11.4 Å². The second kappa shape index (κ2) is 2.46. The molecule has 0 heterocycles. The van der Waals surface area contributed by atoms with Crippen LogP contribution >= 0.6 is 0 Å². The van der Waals surface area contributed by atoms with Crippen molar-refractivity contribution >= 4 is 0 Å². The maximum Gasteiger partial charge on any atom is 0.193 e. The molecule has 0 aliphatic carbocycles. The number of hydrogen-bond acceptors (Lipinski definition) is 1. The average molecular weight is 117 g/mol. The van der Waals surface area contributed by atoms with Gasteiger partial charge in [-0.2, -0.15) is 0 Å². The standard InChI is InChI=1S/C6H13O2/c1-4-6(2,3)5(7)8/h5,7H,4H2,1-3H3. The van der Waals surface area contributed by atoms with Gasteiger partial charge in [-0.3, -0.25) is 0 Å². The fourth-order valence-corrected chi connectivity index (χ4v) is 0.175. The Balaban J connectivity index is 3.71. The molecule has 0 aliphatic heterocycles. The molecular weight excluding hydrogens is 104 g/mol. The molecule has 1 radical (unpaired) electrons. The Hall–Kier alpha value is -0.0800. The second-order valence-corrected chi connectivity index (χ2v) is 2.69. The Morgan fingerprint density at radius 1 is 1.62 bits per heavy atom. The third kappa shape index (κ3) is 1.80. The third-order valence-electron chi connectivity index (χ3n) is 1.58. The molecule has 1 unspecified atom stereocenters. The highest BCUT2D eigenvalue weighted by Crippen LogP contribution is 2.22. The van der Waals surface area contributed by atoms with E-state index in [-0.39, 0.29) is 0 Å². The highest BCUT2D eigenvalue weighted by Gasteiger charge is 2.24. The van der Waals surface area contributed by atoms with Gasteiger partial charge in [0.2, 0.25) is 0 Å². The van der Waals surface area contributed by atoms with Gasteiger partial charge in [-0.25, -0.2) is 5.11 Å². The Bertz CT molecular complexity index is 66.9. The predicted molar refractivity (Wildman–Crippen MR) is 30.8 cm³/mol. The number of aliphatic hydroxyl groups excluding tert-OH is 1. The van der Waals surface area contributed by atoms with Gasteiger partial charge in [0.05, 0.1) is 0 Å². The monoisotopic (exact) mass is 117 g/mol. The first-order chi connectivity index (χ1) is 3.50. The molecular formula is C6H13O2. The molecule has 0 aromatic rings. The van der Waals surface area contributed by atoms with Gasteiger partial charge in [0.15, 0.2) is 6.29 Å². The van der Waals surface area contributed by atoms with E-state index in [1.807, 2.05) is 6.92 Å². The van der Waals surface area contributed by atoms with Crippen LogP contribution in [0.5, 0.6) is 0 Å². The first kappa shape index (κ1) is 7.92. The molecule has 0 saturated heterocycles. The highest BCUT2D eigenvalue weighted by molar-refractivity contribution is 4.66. The van der Waals surface area contributed by atoms with Crippen LogP contribution in [0.2, 0.25) is 0 Å². The van der Waals surface area contributed by atoms with Crippen molar-refractivity contribution in [2.75, 3.05) is 0 Å². The Kier molecular flexibility index (Phi) is 2.44. The number of hydrogen-bond donors (Lipinski definition) is 1. The van der Waals surface area contributed by atoms with E-state index in [9.17, 15) is 5.11 Å². The molecule has 49 valence electrons. The van der Waals surface area contributed by atoms with Gasteiger partial charge in [-0.15, -0.1) is 0 Å². The summed E-state index contributed by atoms with van der Waals surface area (Å²) in [5.74, 6) is 0. The van der Waals surface area contributed by atoms with Crippen molar-refractivity contribution in [3.05, 3.63) is 0 Å². The van der Waals surface area contributed by atoms with E-state index in [0.717, 1.165) is 6.42 Å². The Labute approximate surface area is 50.2 Å². The van der Waals surface area contributed by atoms with Gasteiger partial charge in [-0.1, -0.05) is 20.8 Å². The van der Waals surface area contributed by atoms with Crippen molar-refractivity contribution in [3.8, 4) is 0 Å². The Morgan fingerprint density at radius 3 is 2.00 bits per heavy atom. The number of aliphatic hydroxyl groups is 1. The smallest absolute Gasteiger partial charge is 0.193 e. The van der Waals surface area contributed by atoms with Gasteiger partial charge in [-0.05, 0) is 6.42 Å². The molecule has 0 aromatic heterocycles. The Morgan fingerprint density at radius 2 is 2.00 bits per heavy atom. The minimum Gasteiger partial charge on any atom is -0.365 e. The quantitative estimate of drug-likeness (QED) is 0.542. The van der Waals surface area contributed by atoms with E-state index >= 15 is 0 Å². The fourth-order valence-electron chi connectivity index (χ4n) is 0.175. The fraction of sp³-hybridized carbons (Fsp3) is 1.00.